The SMILES string of the molecule is Cc1ccc2c3c(ccc2c1)[N+](CCCCCC(=O)O)=C(/C=C/C1=C(Cl)C(=C/C=C2/N(CCCCCC(=O)O)c4ccc5cc(S(=O)(=O)O)ccc5c4C2(C)C)/CN(C)C1)C3(C)C. The summed E-state index contributed by atoms with van der Waals surface area (Å²) < 4.78 is 36.3. The molecule has 0 radical (unpaired) electrons. The lowest BCUT2D eigenvalue weighted by molar-refractivity contribution is -0.438. The summed E-state index contributed by atoms with van der Waals surface area (Å²) in [7, 11) is -2.30. The molecule has 0 atom stereocenters. The normalized spacial score (nSPS) is 18.8. The maximum Gasteiger partial charge on any atom is 0.303 e. The second-order valence-corrected chi connectivity index (χ2v) is 20.2. The number of likely N-dealkylation sites (N-methyl/N-ethyl adjacent to an activating group) is 1. The fraction of sp³-hybridized carbons (Fsp3) is 0.392. The summed E-state index contributed by atoms with van der Waals surface area (Å²) in [5, 5.41) is 23.2. The molecule has 3 N–H and O–H groups in total. The first kappa shape index (κ1) is 45.9. The second kappa shape index (κ2) is 18.2. The number of carboxylic acids is 2. The number of hydrogen-bond acceptors (Lipinski definition) is 6. The number of fused-ring (bicyclic) bond motifs is 6. The number of anilines is 1. The van der Waals surface area contributed by atoms with Gasteiger partial charge < -0.3 is 15.1 Å². The van der Waals surface area contributed by atoms with Crippen molar-refractivity contribution < 1.29 is 37.3 Å². The average molecular weight is 894 g/mol. The third-order valence-electron chi connectivity index (χ3n) is 13.0. The Morgan fingerprint density at radius 1 is 0.778 bits per heavy atom. The summed E-state index contributed by atoms with van der Waals surface area (Å²) in [5.41, 5.74) is 9.10. The molecule has 63 heavy (non-hydrogen) atoms. The van der Waals surface area contributed by atoms with Crippen LogP contribution in [0.4, 0.5) is 11.4 Å². The van der Waals surface area contributed by atoms with Crippen LogP contribution in [0.2, 0.25) is 0 Å². The van der Waals surface area contributed by atoms with Gasteiger partial charge in [-0.3, -0.25) is 19.0 Å². The van der Waals surface area contributed by atoms with E-state index in [0.717, 1.165) is 65.7 Å². The monoisotopic (exact) mass is 892 g/mol. The lowest BCUT2D eigenvalue weighted by Gasteiger charge is -2.28. The number of unbranched alkanes of at least 4 members (excludes halogenated alkanes) is 4. The van der Waals surface area contributed by atoms with Crippen molar-refractivity contribution in [1.29, 1.82) is 0 Å². The molecule has 0 saturated heterocycles. The molecular weight excluding hydrogens is 834 g/mol. The molecule has 332 valence electrons. The molecule has 10 nitrogen and oxygen atoms in total. The van der Waals surface area contributed by atoms with Crippen LogP contribution in [-0.4, -0.2) is 83.5 Å². The van der Waals surface area contributed by atoms with Crippen LogP contribution < -0.4 is 4.90 Å². The van der Waals surface area contributed by atoms with Crippen LogP contribution in [0, 0.1) is 6.92 Å². The molecule has 4 aromatic rings. The van der Waals surface area contributed by atoms with Gasteiger partial charge in [0.2, 0.25) is 5.69 Å². The molecule has 12 heteroatoms. The molecule has 0 aromatic heterocycles. The second-order valence-electron chi connectivity index (χ2n) is 18.4. The third kappa shape index (κ3) is 9.44. The molecule has 0 aliphatic carbocycles. The van der Waals surface area contributed by atoms with Gasteiger partial charge in [-0.1, -0.05) is 73.8 Å². The Morgan fingerprint density at radius 3 is 2.13 bits per heavy atom. The molecule has 4 aromatic carbocycles. The number of aliphatic carboxylic acids is 2. The van der Waals surface area contributed by atoms with Gasteiger partial charge in [0.15, 0.2) is 5.71 Å². The highest BCUT2D eigenvalue weighted by Gasteiger charge is 2.46. The van der Waals surface area contributed by atoms with Crippen molar-refractivity contribution in [3.8, 4) is 0 Å². The number of aryl methyl sites for hydroxylation is 1. The smallest absolute Gasteiger partial charge is 0.303 e. The van der Waals surface area contributed by atoms with Crippen LogP contribution in [0.25, 0.3) is 21.5 Å². The van der Waals surface area contributed by atoms with E-state index in [9.17, 15) is 32.8 Å². The van der Waals surface area contributed by atoms with Gasteiger partial charge in [0.05, 0.1) is 10.3 Å². The molecule has 0 spiro atoms. The Balaban J connectivity index is 1.26. The lowest BCUT2D eigenvalue weighted by Crippen LogP contribution is -2.30. The van der Waals surface area contributed by atoms with Gasteiger partial charge in [0.25, 0.3) is 10.1 Å². The van der Waals surface area contributed by atoms with Crippen molar-refractivity contribution in [2.75, 3.05) is 38.1 Å². The zero-order valence-corrected chi connectivity index (χ0v) is 38.7. The fourth-order valence-corrected chi connectivity index (χ4v) is 10.7. The van der Waals surface area contributed by atoms with E-state index in [-0.39, 0.29) is 23.2 Å². The van der Waals surface area contributed by atoms with E-state index in [4.69, 9.17) is 11.6 Å². The predicted octanol–water partition coefficient (Wildman–Crippen LogP) is 10.8. The summed E-state index contributed by atoms with van der Waals surface area (Å²) in [6, 6.07) is 19.7. The largest absolute Gasteiger partial charge is 0.481 e. The highest BCUT2D eigenvalue weighted by molar-refractivity contribution is 7.85. The zero-order valence-electron chi connectivity index (χ0n) is 37.2. The maximum atomic E-state index is 12.0. The van der Waals surface area contributed by atoms with Crippen molar-refractivity contribution in [3.63, 3.8) is 0 Å². The van der Waals surface area contributed by atoms with E-state index in [2.05, 4.69) is 111 Å². The van der Waals surface area contributed by atoms with Gasteiger partial charge >= 0.3 is 11.9 Å². The zero-order chi connectivity index (χ0) is 45.4. The lowest BCUT2D eigenvalue weighted by atomic mass is 9.78. The van der Waals surface area contributed by atoms with Crippen molar-refractivity contribution in [1.82, 2.24) is 4.90 Å². The molecular formula is C51H59ClN3O7S+. The van der Waals surface area contributed by atoms with Crippen molar-refractivity contribution in [2.24, 2.45) is 0 Å². The number of carbonyl (C=O) groups is 2. The van der Waals surface area contributed by atoms with Gasteiger partial charge in [-0.05, 0) is 128 Å². The highest BCUT2D eigenvalue weighted by atomic mass is 35.5. The molecule has 7 rings (SSSR count). The first-order valence-corrected chi connectivity index (χ1v) is 23.7. The van der Waals surface area contributed by atoms with E-state index in [1.165, 1.54) is 45.4 Å². The van der Waals surface area contributed by atoms with Crippen LogP contribution in [0.5, 0.6) is 0 Å². The van der Waals surface area contributed by atoms with E-state index < -0.39 is 27.5 Å². The minimum Gasteiger partial charge on any atom is -0.481 e. The van der Waals surface area contributed by atoms with Crippen LogP contribution >= 0.6 is 11.6 Å². The number of rotatable bonds is 16. The van der Waals surface area contributed by atoms with Crippen LogP contribution in [0.15, 0.2) is 112 Å². The van der Waals surface area contributed by atoms with Gasteiger partial charge in [-0.15, -0.1) is 0 Å². The van der Waals surface area contributed by atoms with Gasteiger partial charge in [0, 0.05) is 78.4 Å². The van der Waals surface area contributed by atoms with Crippen LogP contribution in [0.3, 0.4) is 0 Å². The topological polar surface area (TPSA) is 138 Å². The number of halogens is 1. The van der Waals surface area contributed by atoms with Crippen molar-refractivity contribution >= 4 is 72.3 Å². The maximum absolute atomic E-state index is 12.0. The van der Waals surface area contributed by atoms with E-state index in [1.807, 2.05) is 12.1 Å². The standard InChI is InChI=1S/C51H58ClN3O7S/c1-33-15-21-39-34(29-33)16-23-41-47(39)50(2,3)43(54(41)27-11-7-9-13-45(56)57)25-18-36-31-53(6)32-37(49(36)52)19-26-44-51(4,5)48-40-22-20-38(63(60,61)62)30-35(40)17-24-42(48)55(44)28-12-8-10-14-46(58)59/h15-26,29-30H,7-14,27-28,31-32H2,1-6H3,(H2-,56,57,58,59,60,61,62)/p+1. The van der Waals surface area contributed by atoms with Crippen LogP contribution in [-0.2, 0) is 30.5 Å². The molecule has 3 aliphatic heterocycles. The van der Waals surface area contributed by atoms with Gasteiger partial charge in [-0.25, -0.2) is 0 Å². The minimum absolute atomic E-state index is 0.125. The molecule has 3 aliphatic rings. The molecule has 3 heterocycles. The number of hydrogen-bond donors (Lipinski definition) is 3. The Labute approximate surface area is 376 Å². The van der Waals surface area contributed by atoms with E-state index >= 15 is 0 Å². The summed E-state index contributed by atoms with van der Waals surface area (Å²) >= 11 is 7.39. The van der Waals surface area contributed by atoms with Gasteiger partial charge in [-0.2, -0.15) is 13.0 Å². The molecule has 0 fully saturated rings. The first-order chi connectivity index (χ1) is 29.8. The number of carboxylic acid groups (broad SMARTS) is 2. The summed E-state index contributed by atoms with van der Waals surface area (Å²) in [6.45, 7) is 13.8. The highest BCUT2D eigenvalue weighted by Crippen LogP contribution is 2.51. The minimum atomic E-state index is -4.38. The summed E-state index contributed by atoms with van der Waals surface area (Å²) in [6.07, 6.45) is 13.4. The number of allylic oxidation sites excluding steroid dienone is 4. The first-order valence-electron chi connectivity index (χ1n) is 21.9. The Kier molecular flexibility index (Phi) is 13.3. The summed E-state index contributed by atoms with van der Waals surface area (Å²) in [4.78, 5) is 26.9. The quantitative estimate of drug-likeness (QED) is 0.0570. The van der Waals surface area contributed by atoms with Crippen LogP contribution in [0.1, 0.15) is 95.8 Å². The fourth-order valence-electron chi connectivity index (χ4n) is 9.97. The Morgan fingerprint density at radius 2 is 1.43 bits per heavy atom. The third-order valence-corrected chi connectivity index (χ3v) is 14.3. The number of benzene rings is 4. The average Bonchev–Trinajstić information content (AvgIpc) is 3.57. The molecule has 0 unspecified atom stereocenters. The van der Waals surface area contributed by atoms with Gasteiger partial charge in [0.1, 0.15) is 6.54 Å². The van der Waals surface area contributed by atoms with E-state index in [1.54, 1.807) is 6.07 Å². The Hall–Kier alpha value is -5.07. The molecule has 0 bridgehead atoms. The predicted molar refractivity (Wildman–Crippen MR) is 254 cm³/mol. The van der Waals surface area contributed by atoms with Crippen molar-refractivity contribution in [3.05, 3.63) is 124 Å². The Bertz CT molecular complexity index is 2780. The summed E-state index contributed by atoms with van der Waals surface area (Å²) in [5.74, 6) is -1.57. The molecule has 0 saturated carbocycles. The number of nitrogens with zero attached hydrogens (tertiary/aromatic N) is 3. The molecule has 0 amide bonds. The van der Waals surface area contributed by atoms with E-state index in [0.29, 0.717) is 42.9 Å². The van der Waals surface area contributed by atoms with Crippen molar-refractivity contribution in [2.45, 2.75) is 102 Å².